The molecule has 0 aromatic carbocycles. The number of halogens is 4. The molecule has 82 valence electrons. The van der Waals surface area contributed by atoms with E-state index in [0.29, 0.717) is 0 Å². The molecule has 0 atom stereocenters. The van der Waals surface area contributed by atoms with Crippen LogP contribution in [0.4, 0.5) is 8.78 Å². The van der Waals surface area contributed by atoms with Crippen LogP contribution in [0.5, 0.6) is 0 Å². The molecule has 0 aliphatic heterocycles. The largest absolute Gasteiger partial charge is 0.478 e. The van der Waals surface area contributed by atoms with Gasteiger partial charge in [0.2, 0.25) is 0 Å². The summed E-state index contributed by atoms with van der Waals surface area (Å²) in [5, 5.41) is 8.75. The number of aromatic carboxylic acids is 1. The van der Waals surface area contributed by atoms with Crippen molar-refractivity contribution in [2.24, 2.45) is 0 Å². The van der Waals surface area contributed by atoms with Gasteiger partial charge in [0.15, 0.2) is 0 Å². The van der Waals surface area contributed by atoms with E-state index in [2.05, 4.69) is 20.9 Å². The van der Waals surface area contributed by atoms with Crippen LogP contribution in [0.2, 0.25) is 0 Å². The molecule has 0 amide bonds. The van der Waals surface area contributed by atoms with E-state index in [-0.39, 0.29) is 21.6 Å². The van der Waals surface area contributed by atoms with Crippen molar-refractivity contribution in [3.63, 3.8) is 0 Å². The zero-order valence-electron chi connectivity index (χ0n) is 7.18. The molecule has 0 fully saturated rings. The Morgan fingerprint density at radius 2 is 2.27 bits per heavy atom. The van der Waals surface area contributed by atoms with Crippen molar-refractivity contribution in [1.82, 2.24) is 4.98 Å². The third-order valence-electron chi connectivity index (χ3n) is 1.63. The Hall–Kier alpha value is -0.750. The summed E-state index contributed by atoms with van der Waals surface area (Å²) in [5.41, 5.74) is -0.769. The summed E-state index contributed by atoms with van der Waals surface area (Å²) in [6.07, 6.45) is -2.82. The molecule has 1 heterocycles. The van der Waals surface area contributed by atoms with Gasteiger partial charge in [-0.2, -0.15) is 0 Å². The number of rotatable bonds is 3. The quantitative estimate of drug-likeness (QED) is 0.872. The van der Waals surface area contributed by atoms with Crippen LogP contribution in [-0.4, -0.2) is 16.1 Å². The number of carboxylic acid groups (broad SMARTS) is 1. The highest BCUT2D eigenvalue weighted by molar-refractivity contribution is 9.10. The molecule has 0 radical (unpaired) electrons. The second-order valence-corrected chi connectivity index (χ2v) is 3.66. The smallest absolute Gasteiger partial charge is 0.336 e. The molecule has 0 spiro atoms. The first kappa shape index (κ1) is 12.3. The number of hydrogen-bond acceptors (Lipinski definition) is 2. The van der Waals surface area contributed by atoms with Crippen molar-refractivity contribution in [3.05, 3.63) is 27.5 Å². The Balaban J connectivity index is 3.38. The van der Waals surface area contributed by atoms with E-state index < -0.39 is 18.1 Å². The maximum Gasteiger partial charge on any atom is 0.336 e. The average molecular weight is 300 g/mol. The lowest BCUT2D eigenvalue weighted by molar-refractivity contribution is 0.0695. The van der Waals surface area contributed by atoms with Crippen molar-refractivity contribution >= 4 is 33.5 Å². The number of hydrogen-bond donors (Lipinski definition) is 1. The lowest BCUT2D eigenvalue weighted by atomic mass is 10.2. The van der Waals surface area contributed by atoms with Gasteiger partial charge in [0.1, 0.15) is 5.69 Å². The van der Waals surface area contributed by atoms with E-state index in [9.17, 15) is 13.6 Å². The fraction of sp³-hybridized carbons (Fsp3) is 0.250. The lowest BCUT2D eigenvalue weighted by Gasteiger charge is -2.07. The number of aromatic nitrogens is 1. The van der Waals surface area contributed by atoms with E-state index >= 15 is 0 Å². The molecule has 1 N–H and O–H groups in total. The van der Waals surface area contributed by atoms with Gasteiger partial charge >= 0.3 is 5.97 Å². The predicted octanol–water partition coefficient (Wildman–Crippen LogP) is 3.22. The van der Waals surface area contributed by atoms with Crippen LogP contribution in [0.15, 0.2) is 10.5 Å². The fourth-order valence-corrected chi connectivity index (χ4v) is 1.83. The third-order valence-corrected chi connectivity index (χ3v) is 2.76. The second kappa shape index (κ2) is 4.85. The summed E-state index contributed by atoms with van der Waals surface area (Å²) in [6.45, 7) is 0. The average Bonchev–Trinajstić information content (AvgIpc) is 2.17. The van der Waals surface area contributed by atoms with Gasteiger partial charge in [-0.15, -0.1) is 11.6 Å². The molecule has 3 nitrogen and oxygen atoms in total. The SMILES string of the molecule is O=C(O)c1cc(C(F)F)nc(CCl)c1Br. The Morgan fingerprint density at radius 3 is 2.67 bits per heavy atom. The summed E-state index contributed by atoms with van der Waals surface area (Å²) in [4.78, 5) is 14.3. The number of pyridine rings is 1. The normalized spacial score (nSPS) is 10.7. The maximum atomic E-state index is 12.3. The van der Waals surface area contributed by atoms with Crippen molar-refractivity contribution in [2.75, 3.05) is 0 Å². The zero-order chi connectivity index (χ0) is 11.6. The van der Waals surface area contributed by atoms with Crippen LogP contribution < -0.4 is 0 Å². The van der Waals surface area contributed by atoms with Crippen LogP contribution in [0.1, 0.15) is 28.2 Å². The Bertz CT molecular complexity index is 400. The fourth-order valence-electron chi connectivity index (χ4n) is 0.960. The van der Waals surface area contributed by atoms with Gasteiger partial charge in [-0.05, 0) is 22.0 Å². The van der Waals surface area contributed by atoms with Crippen LogP contribution in [0.3, 0.4) is 0 Å². The van der Waals surface area contributed by atoms with E-state index in [1.54, 1.807) is 0 Å². The summed E-state index contributed by atoms with van der Waals surface area (Å²) in [6, 6.07) is 0.827. The van der Waals surface area contributed by atoms with Crippen LogP contribution >= 0.6 is 27.5 Å². The molecule has 0 saturated carbocycles. The summed E-state index contributed by atoms with van der Waals surface area (Å²) in [7, 11) is 0. The van der Waals surface area contributed by atoms with Crippen molar-refractivity contribution in [1.29, 1.82) is 0 Å². The topological polar surface area (TPSA) is 50.2 Å². The molecule has 1 aromatic rings. The van der Waals surface area contributed by atoms with E-state index in [1.165, 1.54) is 0 Å². The van der Waals surface area contributed by atoms with E-state index in [0.717, 1.165) is 6.07 Å². The van der Waals surface area contributed by atoms with Crippen molar-refractivity contribution in [2.45, 2.75) is 12.3 Å². The highest BCUT2D eigenvalue weighted by Crippen LogP contribution is 2.27. The number of nitrogens with zero attached hydrogens (tertiary/aromatic N) is 1. The van der Waals surface area contributed by atoms with Gasteiger partial charge in [0.05, 0.1) is 21.6 Å². The second-order valence-electron chi connectivity index (χ2n) is 2.59. The molecule has 0 aliphatic rings. The predicted molar refractivity (Wildman–Crippen MR) is 53.4 cm³/mol. The van der Waals surface area contributed by atoms with Crippen LogP contribution in [0, 0.1) is 0 Å². The lowest BCUT2D eigenvalue weighted by Crippen LogP contribution is -2.05. The van der Waals surface area contributed by atoms with Crippen LogP contribution in [0.25, 0.3) is 0 Å². The number of alkyl halides is 3. The van der Waals surface area contributed by atoms with Gasteiger partial charge in [-0.1, -0.05) is 0 Å². The van der Waals surface area contributed by atoms with Gasteiger partial charge in [0.25, 0.3) is 6.43 Å². The highest BCUT2D eigenvalue weighted by atomic mass is 79.9. The molecule has 0 bridgehead atoms. The van der Waals surface area contributed by atoms with Gasteiger partial charge in [-0.3, -0.25) is 0 Å². The summed E-state index contributed by atoms with van der Waals surface area (Å²) >= 11 is 8.41. The minimum absolute atomic E-state index is 0.0897. The minimum atomic E-state index is -2.82. The number of carbonyl (C=O) groups is 1. The van der Waals surface area contributed by atoms with Gasteiger partial charge in [-0.25, -0.2) is 18.6 Å². The third kappa shape index (κ3) is 2.63. The van der Waals surface area contributed by atoms with Crippen molar-refractivity contribution in [3.8, 4) is 0 Å². The standard InChI is InChI=1S/C8H5BrClF2NO2/c9-6-3(8(14)15)1-4(7(11)12)13-5(6)2-10/h1,7H,2H2,(H,14,15). The molecule has 0 aliphatic carbocycles. The Labute approximate surface area is 97.2 Å². The van der Waals surface area contributed by atoms with E-state index in [1.807, 2.05) is 0 Å². The monoisotopic (exact) mass is 299 g/mol. The van der Waals surface area contributed by atoms with Crippen LogP contribution in [-0.2, 0) is 5.88 Å². The van der Waals surface area contributed by atoms with Gasteiger partial charge < -0.3 is 5.11 Å². The molecule has 15 heavy (non-hydrogen) atoms. The Kier molecular flexibility index (Phi) is 3.98. The zero-order valence-corrected chi connectivity index (χ0v) is 9.52. The molecule has 1 aromatic heterocycles. The summed E-state index contributed by atoms with van der Waals surface area (Å²) < 4.78 is 24.8. The Morgan fingerprint density at radius 1 is 1.67 bits per heavy atom. The molecule has 0 saturated heterocycles. The summed E-state index contributed by atoms with van der Waals surface area (Å²) in [5.74, 6) is -1.45. The highest BCUT2D eigenvalue weighted by Gasteiger charge is 2.19. The molecule has 0 unspecified atom stereocenters. The van der Waals surface area contributed by atoms with E-state index in [4.69, 9.17) is 16.7 Å². The number of carboxylic acids is 1. The molecular weight excluding hydrogens is 295 g/mol. The molecule has 7 heteroatoms. The maximum absolute atomic E-state index is 12.3. The molecular formula is C8H5BrClF2NO2. The van der Waals surface area contributed by atoms with Crippen molar-refractivity contribution < 1.29 is 18.7 Å². The molecule has 1 rings (SSSR count). The minimum Gasteiger partial charge on any atom is -0.478 e. The van der Waals surface area contributed by atoms with Gasteiger partial charge in [0, 0.05) is 0 Å². The first-order chi connectivity index (χ1) is 6.97. The first-order valence-corrected chi connectivity index (χ1v) is 5.06. The first-order valence-electron chi connectivity index (χ1n) is 3.74.